The molecule has 0 bridgehead atoms. The van der Waals surface area contributed by atoms with Crippen molar-refractivity contribution in [1.29, 1.82) is 0 Å². The molecule has 1 aliphatic rings. The van der Waals surface area contributed by atoms with Crippen LogP contribution < -0.4 is 0 Å². The van der Waals surface area contributed by atoms with Crippen LogP contribution in [-0.2, 0) is 18.3 Å². The van der Waals surface area contributed by atoms with Crippen molar-refractivity contribution in [3.8, 4) is 0 Å². The molecule has 0 amide bonds. The zero-order valence-corrected chi connectivity index (χ0v) is 11.0. The van der Waals surface area contributed by atoms with Gasteiger partial charge in [0.1, 0.15) is 0 Å². The molecule has 6 heteroatoms. The van der Waals surface area contributed by atoms with Gasteiger partial charge in [0.25, 0.3) is 0 Å². The molecule has 6 nitrogen and oxygen atoms in total. The molecule has 1 aromatic heterocycles. The Balaban J connectivity index is 2.18. The zero-order chi connectivity index (χ0) is 13.2. The van der Waals surface area contributed by atoms with Crippen molar-refractivity contribution >= 4 is 5.97 Å². The van der Waals surface area contributed by atoms with Crippen molar-refractivity contribution in [3.05, 3.63) is 5.82 Å². The fourth-order valence-electron chi connectivity index (χ4n) is 2.96. The number of carbonyl (C=O) groups is 1. The van der Waals surface area contributed by atoms with Crippen LogP contribution in [0.25, 0.3) is 0 Å². The van der Waals surface area contributed by atoms with E-state index in [2.05, 4.69) is 22.3 Å². The van der Waals surface area contributed by atoms with Crippen LogP contribution in [-0.4, -0.2) is 31.3 Å². The van der Waals surface area contributed by atoms with Gasteiger partial charge in [-0.1, -0.05) is 26.2 Å². The summed E-state index contributed by atoms with van der Waals surface area (Å²) >= 11 is 0. The van der Waals surface area contributed by atoms with Gasteiger partial charge in [0.2, 0.25) is 0 Å². The topological polar surface area (TPSA) is 80.9 Å². The first kappa shape index (κ1) is 13.0. The molecule has 0 aromatic carbocycles. The minimum atomic E-state index is -0.715. The van der Waals surface area contributed by atoms with E-state index in [1.165, 1.54) is 4.80 Å². The molecule has 1 heterocycles. The van der Waals surface area contributed by atoms with Gasteiger partial charge in [0.15, 0.2) is 5.82 Å². The summed E-state index contributed by atoms with van der Waals surface area (Å²) in [6.07, 6.45) is 5.01. The number of hydrogen-bond donors (Lipinski definition) is 1. The third-order valence-electron chi connectivity index (χ3n) is 4.02. The Labute approximate surface area is 106 Å². The van der Waals surface area contributed by atoms with Crippen molar-refractivity contribution < 1.29 is 9.90 Å². The maximum atomic E-state index is 11.7. The van der Waals surface area contributed by atoms with Crippen molar-refractivity contribution in [2.45, 2.75) is 45.4 Å². The largest absolute Gasteiger partial charge is 0.481 e. The predicted octanol–water partition coefficient (Wildman–Crippen LogP) is 1.42. The fourth-order valence-corrected chi connectivity index (χ4v) is 2.96. The van der Waals surface area contributed by atoms with Crippen LogP contribution in [0.4, 0.5) is 0 Å². The van der Waals surface area contributed by atoms with E-state index in [4.69, 9.17) is 0 Å². The molecule has 1 aliphatic carbocycles. The lowest BCUT2D eigenvalue weighted by atomic mass is 9.67. The molecule has 2 rings (SSSR count). The lowest BCUT2D eigenvalue weighted by molar-refractivity contribution is -0.152. The minimum Gasteiger partial charge on any atom is -0.481 e. The number of aromatic nitrogens is 4. The molecular weight excluding hydrogens is 232 g/mol. The Bertz CT molecular complexity index is 431. The molecule has 0 radical (unpaired) electrons. The van der Waals surface area contributed by atoms with E-state index < -0.39 is 11.4 Å². The number of aliphatic carboxylic acids is 1. The van der Waals surface area contributed by atoms with Crippen LogP contribution in [0.1, 0.15) is 44.9 Å². The Morgan fingerprint density at radius 3 is 2.94 bits per heavy atom. The molecule has 2 atom stereocenters. The van der Waals surface area contributed by atoms with Crippen LogP contribution in [0.3, 0.4) is 0 Å². The molecule has 1 saturated carbocycles. The van der Waals surface area contributed by atoms with Crippen LogP contribution >= 0.6 is 0 Å². The van der Waals surface area contributed by atoms with E-state index in [0.717, 1.165) is 32.1 Å². The molecule has 2 unspecified atom stereocenters. The molecule has 0 aliphatic heterocycles. The maximum absolute atomic E-state index is 11.7. The quantitative estimate of drug-likeness (QED) is 0.876. The third kappa shape index (κ3) is 2.52. The summed E-state index contributed by atoms with van der Waals surface area (Å²) < 4.78 is 0. The highest BCUT2D eigenvalue weighted by Crippen LogP contribution is 2.42. The van der Waals surface area contributed by atoms with Gasteiger partial charge in [0.05, 0.1) is 12.5 Å². The molecule has 1 N–H and O–H groups in total. The Kier molecular flexibility index (Phi) is 3.63. The normalized spacial score (nSPS) is 28.2. The predicted molar refractivity (Wildman–Crippen MR) is 64.8 cm³/mol. The summed E-state index contributed by atoms with van der Waals surface area (Å²) in [4.78, 5) is 13.0. The van der Waals surface area contributed by atoms with Crippen LogP contribution in [0.5, 0.6) is 0 Å². The van der Waals surface area contributed by atoms with E-state index in [0.29, 0.717) is 18.2 Å². The monoisotopic (exact) mass is 252 g/mol. The lowest BCUT2D eigenvalue weighted by Gasteiger charge is -2.36. The summed E-state index contributed by atoms with van der Waals surface area (Å²) in [6.45, 7) is 2.13. The third-order valence-corrected chi connectivity index (χ3v) is 4.02. The standard InChI is InChI=1S/C12H20N4O2/c1-3-9-5-4-6-12(7-9,11(17)18)8-10-13-15-16(2)14-10/h9H,3-8H2,1-2H3,(H,17,18). The number of aryl methyl sites for hydroxylation is 1. The van der Waals surface area contributed by atoms with Gasteiger partial charge in [-0.25, -0.2) is 0 Å². The number of carboxylic acid groups (broad SMARTS) is 1. The van der Waals surface area contributed by atoms with Gasteiger partial charge < -0.3 is 5.11 Å². The summed E-state index contributed by atoms with van der Waals surface area (Å²) in [5.41, 5.74) is -0.692. The van der Waals surface area contributed by atoms with Gasteiger partial charge in [-0.3, -0.25) is 4.79 Å². The van der Waals surface area contributed by atoms with E-state index in [1.54, 1.807) is 7.05 Å². The first-order valence-corrected chi connectivity index (χ1v) is 6.52. The zero-order valence-electron chi connectivity index (χ0n) is 11.0. The summed E-state index contributed by atoms with van der Waals surface area (Å²) in [7, 11) is 1.69. The van der Waals surface area contributed by atoms with Gasteiger partial charge >= 0.3 is 5.97 Å². The summed E-state index contributed by atoms with van der Waals surface area (Å²) in [6, 6.07) is 0. The molecule has 1 fully saturated rings. The van der Waals surface area contributed by atoms with Gasteiger partial charge in [-0.05, 0) is 24.0 Å². The lowest BCUT2D eigenvalue weighted by Crippen LogP contribution is -2.38. The number of rotatable bonds is 4. The second kappa shape index (κ2) is 5.04. The minimum absolute atomic E-state index is 0.396. The SMILES string of the molecule is CCC1CCCC(Cc2nnn(C)n2)(C(=O)O)C1. The van der Waals surface area contributed by atoms with Crippen LogP contribution in [0.2, 0.25) is 0 Å². The molecule has 1 aromatic rings. The highest BCUT2D eigenvalue weighted by Gasteiger charge is 2.43. The number of nitrogens with zero attached hydrogens (tertiary/aromatic N) is 4. The number of hydrogen-bond acceptors (Lipinski definition) is 4. The van der Waals surface area contributed by atoms with Crippen LogP contribution in [0, 0.1) is 11.3 Å². The number of tetrazole rings is 1. The maximum Gasteiger partial charge on any atom is 0.310 e. The Hall–Kier alpha value is -1.46. The van der Waals surface area contributed by atoms with Crippen molar-refractivity contribution in [3.63, 3.8) is 0 Å². The molecule has 100 valence electrons. The summed E-state index contributed by atoms with van der Waals surface area (Å²) in [5.74, 6) is 0.330. The first-order chi connectivity index (χ1) is 8.55. The fraction of sp³-hybridized carbons (Fsp3) is 0.833. The average Bonchev–Trinajstić information content (AvgIpc) is 2.74. The average molecular weight is 252 g/mol. The first-order valence-electron chi connectivity index (χ1n) is 6.52. The van der Waals surface area contributed by atoms with Gasteiger partial charge in [0, 0.05) is 6.42 Å². The number of carboxylic acids is 1. The molecule has 18 heavy (non-hydrogen) atoms. The van der Waals surface area contributed by atoms with Gasteiger partial charge in [-0.2, -0.15) is 4.80 Å². The second-order valence-electron chi connectivity index (χ2n) is 5.33. The highest BCUT2D eigenvalue weighted by molar-refractivity contribution is 5.75. The van der Waals surface area contributed by atoms with E-state index in [1.807, 2.05) is 0 Å². The van der Waals surface area contributed by atoms with Crippen molar-refractivity contribution in [2.75, 3.05) is 0 Å². The molecule has 0 spiro atoms. The van der Waals surface area contributed by atoms with E-state index in [9.17, 15) is 9.90 Å². The molecule has 0 saturated heterocycles. The van der Waals surface area contributed by atoms with Gasteiger partial charge in [-0.15, -0.1) is 10.2 Å². The van der Waals surface area contributed by atoms with Crippen LogP contribution in [0.15, 0.2) is 0 Å². The van der Waals surface area contributed by atoms with E-state index >= 15 is 0 Å². The van der Waals surface area contributed by atoms with Crippen molar-refractivity contribution in [1.82, 2.24) is 20.2 Å². The Morgan fingerprint density at radius 2 is 2.39 bits per heavy atom. The molecular formula is C12H20N4O2. The van der Waals surface area contributed by atoms with Crippen molar-refractivity contribution in [2.24, 2.45) is 18.4 Å². The Morgan fingerprint density at radius 1 is 1.61 bits per heavy atom. The summed E-state index contributed by atoms with van der Waals surface area (Å²) in [5, 5.41) is 21.4. The smallest absolute Gasteiger partial charge is 0.310 e. The highest BCUT2D eigenvalue weighted by atomic mass is 16.4. The second-order valence-corrected chi connectivity index (χ2v) is 5.33. The van der Waals surface area contributed by atoms with E-state index in [-0.39, 0.29) is 0 Å².